The molecular weight excluding hydrogens is 429 g/mol. The summed E-state index contributed by atoms with van der Waals surface area (Å²) in [6.07, 6.45) is 1.78. The molecule has 0 fully saturated rings. The minimum absolute atomic E-state index is 0.164. The van der Waals surface area contributed by atoms with Crippen LogP contribution in [0.15, 0.2) is 40.0 Å². The van der Waals surface area contributed by atoms with E-state index < -0.39 is 8.32 Å². The highest BCUT2D eigenvalue weighted by Crippen LogP contribution is 2.37. The predicted molar refractivity (Wildman–Crippen MR) is 111 cm³/mol. The Morgan fingerprint density at radius 1 is 1.25 bits per heavy atom. The monoisotopic (exact) mass is 457 g/mol. The number of hydrogen-bond acceptors (Lipinski definition) is 3. The second-order valence-electron chi connectivity index (χ2n) is 7.97. The Labute approximate surface area is 160 Å². The molecule has 0 bridgehead atoms. The smallest absolute Gasteiger partial charge is 0.192 e. The molecule has 1 aromatic rings. The Bertz CT molecular complexity index is 608. The maximum Gasteiger partial charge on any atom is 0.192 e. The number of carbonyl (C=O) groups is 1. The molecule has 0 radical (unpaired) electrons. The van der Waals surface area contributed by atoms with E-state index in [4.69, 9.17) is 4.43 Å². The van der Waals surface area contributed by atoms with E-state index in [9.17, 15) is 4.79 Å². The van der Waals surface area contributed by atoms with E-state index in [1.165, 1.54) is 5.56 Å². The third-order valence-electron chi connectivity index (χ3n) is 5.05. The van der Waals surface area contributed by atoms with Crippen molar-refractivity contribution in [3.05, 3.63) is 45.6 Å². The van der Waals surface area contributed by atoms with Gasteiger partial charge < -0.3 is 4.43 Å². The van der Waals surface area contributed by atoms with Crippen LogP contribution in [0, 0.1) is 0 Å². The number of ketones is 1. The van der Waals surface area contributed by atoms with Crippen molar-refractivity contribution in [2.45, 2.75) is 51.5 Å². The lowest BCUT2D eigenvalue weighted by molar-refractivity contribution is -0.117. The molecule has 1 atom stereocenters. The average Bonchev–Trinajstić information content (AvgIpc) is 2.46. The molecule has 0 aromatic heterocycles. The number of hydrogen-bond donors (Lipinski definition) is 0. The second kappa shape index (κ2) is 7.80. The van der Waals surface area contributed by atoms with Crippen LogP contribution in [0.4, 0.5) is 0 Å². The molecule has 132 valence electrons. The summed E-state index contributed by atoms with van der Waals surface area (Å²) in [5, 5.41) is 0.191. The molecule has 5 heteroatoms. The van der Waals surface area contributed by atoms with Crippen LogP contribution in [0.2, 0.25) is 18.1 Å². The third kappa shape index (κ3) is 5.00. The van der Waals surface area contributed by atoms with E-state index in [0.717, 1.165) is 10.1 Å². The second-order valence-corrected chi connectivity index (χ2v) is 14.0. The van der Waals surface area contributed by atoms with Crippen molar-refractivity contribution in [2.24, 2.45) is 0 Å². The van der Waals surface area contributed by atoms with Gasteiger partial charge >= 0.3 is 0 Å². The molecular formula is C19H28INO2Si. The molecule has 24 heavy (non-hydrogen) atoms. The van der Waals surface area contributed by atoms with E-state index in [1.807, 2.05) is 18.2 Å². The normalized spacial score (nSPS) is 20.2. The van der Waals surface area contributed by atoms with Crippen molar-refractivity contribution < 1.29 is 9.22 Å². The van der Waals surface area contributed by atoms with E-state index in [2.05, 4.69) is 73.5 Å². The first-order valence-electron chi connectivity index (χ1n) is 8.42. The van der Waals surface area contributed by atoms with Crippen LogP contribution in [-0.2, 0) is 15.8 Å². The molecule has 1 heterocycles. The molecule has 1 aliphatic heterocycles. The van der Waals surface area contributed by atoms with E-state index in [-0.39, 0.29) is 16.9 Å². The van der Waals surface area contributed by atoms with Gasteiger partial charge in [-0.25, -0.2) is 0 Å². The molecule has 0 saturated carbocycles. The minimum Gasteiger partial charge on any atom is -0.415 e. The Morgan fingerprint density at radius 2 is 1.88 bits per heavy atom. The summed E-state index contributed by atoms with van der Waals surface area (Å²) in [4.78, 5) is 14.3. The summed E-state index contributed by atoms with van der Waals surface area (Å²) in [5.74, 6) is 0.180. The molecule has 0 saturated heterocycles. The van der Waals surface area contributed by atoms with Crippen molar-refractivity contribution >= 4 is 36.7 Å². The zero-order valence-electron chi connectivity index (χ0n) is 15.3. The topological polar surface area (TPSA) is 29.5 Å². The van der Waals surface area contributed by atoms with Crippen molar-refractivity contribution in [2.75, 3.05) is 13.2 Å². The predicted octanol–water partition coefficient (Wildman–Crippen LogP) is 4.78. The number of halogens is 1. The van der Waals surface area contributed by atoms with Gasteiger partial charge in [-0.05, 0) is 52.4 Å². The average molecular weight is 457 g/mol. The SMILES string of the molecule is CC(C)(C)[Si](C)(C)OC[C@@H]1C(I)=CC(=O)CN1Cc1ccccc1. The molecule has 0 aliphatic carbocycles. The van der Waals surface area contributed by atoms with Crippen molar-refractivity contribution in [3.8, 4) is 0 Å². The first-order chi connectivity index (χ1) is 11.1. The van der Waals surface area contributed by atoms with Gasteiger partial charge in [0.15, 0.2) is 14.1 Å². The Hall–Kier alpha value is -0.503. The summed E-state index contributed by atoms with van der Waals surface area (Å²) in [7, 11) is -1.80. The Morgan fingerprint density at radius 3 is 2.46 bits per heavy atom. The van der Waals surface area contributed by atoms with Crippen LogP contribution >= 0.6 is 22.6 Å². The fourth-order valence-corrected chi connectivity index (χ4v) is 4.38. The van der Waals surface area contributed by atoms with Crippen LogP contribution in [0.25, 0.3) is 0 Å². The van der Waals surface area contributed by atoms with Crippen LogP contribution in [0.3, 0.4) is 0 Å². The minimum atomic E-state index is -1.80. The van der Waals surface area contributed by atoms with Crippen LogP contribution in [0.5, 0.6) is 0 Å². The van der Waals surface area contributed by atoms with E-state index >= 15 is 0 Å². The van der Waals surface area contributed by atoms with Gasteiger partial charge in [0.1, 0.15) is 0 Å². The number of nitrogens with zero attached hydrogens (tertiary/aromatic N) is 1. The number of rotatable bonds is 5. The third-order valence-corrected chi connectivity index (χ3v) is 10.6. The maximum atomic E-state index is 12.0. The fraction of sp³-hybridized carbons (Fsp3) is 0.526. The Kier molecular flexibility index (Phi) is 6.44. The van der Waals surface area contributed by atoms with Crippen LogP contribution in [0.1, 0.15) is 26.3 Å². The zero-order chi connectivity index (χ0) is 18.0. The molecule has 3 nitrogen and oxygen atoms in total. The lowest BCUT2D eigenvalue weighted by Crippen LogP contribution is -2.49. The summed E-state index contributed by atoms with van der Waals surface area (Å²) >= 11 is 2.30. The van der Waals surface area contributed by atoms with Crippen LogP contribution < -0.4 is 0 Å². The molecule has 1 aliphatic rings. The molecule has 1 aromatic carbocycles. The van der Waals surface area contributed by atoms with Gasteiger partial charge in [0, 0.05) is 10.1 Å². The fourth-order valence-electron chi connectivity index (χ4n) is 2.45. The molecule has 0 N–H and O–H groups in total. The summed E-state index contributed by atoms with van der Waals surface area (Å²) < 4.78 is 7.53. The van der Waals surface area contributed by atoms with Gasteiger partial charge in [-0.3, -0.25) is 9.69 Å². The summed E-state index contributed by atoms with van der Waals surface area (Å²) in [5.41, 5.74) is 1.23. The van der Waals surface area contributed by atoms with Gasteiger partial charge in [-0.15, -0.1) is 0 Å². The van der Waals surface area contributed by atoms with Gasteiger partial charge in [0.25, 0.3) is 0 Å². The maximum absolute atomic E-state index is 12.0. The Balaban J connectivity index is 2.14. The first-order valence-corrected chi connectivity index (χ1v) is 12.4. The molecule has 0 spiro atoms. The van der Waals surface area contributed by atoms with E-state index in [1.54, 1.807) is 6.08 Å². The van der Waals surface area contributed by atoms with Crippen LogP contribution in [-0.4, -0.2) is 38.2 Å². The zero-order valence-corrected chi connectivity index (χ0v) is 18.5. The standard InChI is InChI=1S/C19H28INO2Si/c1-19(2,3)24(4,5)23-14-18-17(20)11-16(22)13-21(18)12-15-9-7-6-8-10-15/h6-11,18H,12-14H2,1-5H3/t18-/m1/s1. The van der Waals surface area contributed by atoms with Gasteiger partial charge in [-0.1, -0.05) is 51.1 Å². The number of benzene rings is 1. The van der Waals surface area contributed by atoms with Gasteiger partial charge in [0.05, 0.1) is 19.2 Å². The van der Waals surface area contributed by atoms with Crippen molar-refractivity contribution in [1.82, 2.24) is 4.90 Å². The molecule has 0 unspecified atom stereocenters. The van der Waals surface area contributed by atoms with Crippen molar-refractivity contribution in [3.63, 3.8) is 0 Å². The number of carbonyl (C=O) groups excluding carboxylic acids is 1. The lowest BCUT2D eigenvalue weighted by Gasteiger charge is -2.40. The van der Waals surface area contributed by atoms with E-state index in [0.29, 0.717) is 13.2 Å². The molecule has 0 amide bonds. The largest absolute Gasteiger partial charge is 0.415 e. The highest BCUT2D eigenvalue weighted by molar-refractivity contribution is 14.1. The first kappa shape index (κ1) is 19.8. The van der Waals surface area contributed by atoms with Crippen molar-refractivity contribution in [1.29, 1.82) is 0 Å². The highest BCUT2D eigenvalue weighted by Gasteiger charge is 2.39. The van der Waals surface area contributed by atoms with Gasteiger partial charge in [-0.2, -0.15) is 0 Å². The van der Waals surface area contributed by atoms with Gasteiger partial charge in [0.2, 0.25) is 0 Å². The molecule has 2 rings (SSSR count). The highest BCUT2D eigenvalue weighted by atomic mass is 127. The lowest BCUT2D eigenvalue weighted by atomic mass is 10.1. The summed E-state index contributed by atoms with van der Waals surface area (Å²) in [6.45, 7) is 13.2. The summed E-state index contributed by atoms with van der Waals surface area (Å²) in [6, 6.07) is 10.5. The quantitative estimate of drug-likeness (QED) is 0.471.